The van der Waals surface area contributed by atoms with Gasteiger partial charge in [-0.2, -0.15) is 0 Å². The Morgan fingerprint density at radius 2 is 2.12 bits per heavy atom. The Morgan fingerprint density at radius 3 is 2.56 bits per heavy atom. The van der Waals surface area contributed by atoms with Gasteiger partial charge in [0.15, 0.2) is 0 Å². The lowest BCUT2D eigenvalue weighted by Crippen LogP contribution is -2.47. The van der Waals surface area contributed by atoms with E-state index in [1.807, 2.05) is 25.2 Å². The molecule has 1 aliphatic rings. The van der Waals surface area contributed by atoms with Crippen molar-refractivity contribution < 1.29 is 0 Å². The van der Waals surface area contributed by atoms with Crippen molar-refractivity contribution in [1.82, 2.24) is 10.3 Å². The van der Waals surface area contributed by atoms with Crippen LogP contribution in [0.15, 0.2) is 18.3 Å². The van der Waals surface area contributed by atoms with Crippen LogP contribution in [-0.4, -0.2) is 24.6 Å². The molecule has 1 heterocycles. The number of hydrogen-bond acceptors (Lipinski definition) is 3. The smallest absolute Gasteiger partial charge is 0.127 e. The first kappa shape index (κ1) is 11.4. The summed E-state index contributed by atoms with van der Waals surface area (Å²) < 4.78 is 0. The van der Waals surface area contributed by atoms with Gasteiger partial charge < -0.3 is 10.2 Å². The molecule has 0 aliphatic heterocycles. The molecule has 3 nitrogen and oxygen atoms in total. The minimum absolute atomic E-state index is 0.375. The fraction of sp³-hybridized carbons (Fsp3) is 0.615. The molecule has 88 valence electrons. The van der Waals surface area contributed by atoms with Crippen LogP contribution < -0.4 is 10.2 Å². The zero-order chi connectivity index (χ0) is 11.6. The van der Waals surface area contributed by atoms with Crippen LogP contribution in [0.1, 0.15) is 31.7 Å². The maximum Gasteiger partial charge on any atom is 0.127 e. The predicted octanol–water partition coefficient (Wildman–Crippen LogP) is 2.18. The van der Waals surface area contributed by atoms with Crippen LogP contribution >= 0.6 is 0 Å². The molecular formula is C13H21N3. The van der Waals surface area contributed by atoms with E-state index < -0.39 is 0 Å². The molecule has 2 rings (SSSR count). The average Bonchev–Trinajstić information content (AvgIpc) is 2.24. The number of rotatable bonds is 4. The van der Waals surface area contributed by atoms with E-state index in [0.717, 1.165) is 12.4 Å². The third kappa shape index (κ3) is 2.53. The summed E-state index contributed by atoms with van der Waals surface area (Å²) >= 11 is 0. The Balaban J connectivity index is 1.90. The molecule has 0 aromatic carbocycles. The van der Waals surface area contributed by atoms with Crippen LogP contribution in [0.25, 0.3) is 0 Å². The van der Waals surface area contributed by atoms with Gasteiger partial charge >= 0.3 is 0 Å². The fourth-order valence-electron chi connectivity index (χ4n) is 1.99. The highest BCUT2D eigenvalue weighted by molar-refractivity contribution is 5.37. The summed E-state index contributed by atoms with van der Waals surface area (Å²) in [6.07, 6.45) is 5.93. The number of pyridine rings is 1. The molecule has 0 atom stereocenters. The summed E-state index contributed by atoms with van der Waals surface area (Å²) in [5, 5.41) is 3.61. The lowest BCUT2D eigenvalue weighted by Gasteiger charge is -2.39. The van der Waals surface area contributed by atoms with Crippen molar-refractivity contribution in [2.75, 3.05) is 19.0 Å². The van der Waals surface area contributed by atoms with Gasteiger partial charge in [0.1, 0.15) is 5.82 Å². The summed E-state index contributed by atoms with van der Waals surface area (Å²) in [7, 11) is 4.02. The minimum Gasteiger partial charge on any atom is -0.363 e. The molecule has 1 aromatic heterocycles. The van der Waals surface area contributed by atoms with Crippen LogP contribution in [0.4, 0.5) is 5.82 Å². The van der Waals surface area contributed by atoms with E-state index in [4.69, 9.17) is 0 Å². The molecule has 0 amide bonds. The van der Waals surface area contributed by atoms with Gasteiger partial charge in [-0.05, 0) is 37.8 Å². The Morgan fingerprint density at radius 1 is 1.38 bits per heavy atom. The molecule has 0 spiro atoms. The Labute approximate surface area is 97.9 Å². The molecular weight excluding hydrogens is 198 g/mol. The molecule has 1 N–H and O–H groups in total. The SMILES string of the molecule is CN(C)c1ccc(CNC2(C)CCC2)cn1. The van der Waals surface area contributed by atoms with E-state index in [2.05, 4.69) is 29.4 Å². The molecule has 1 fully saturated rings. The number of nitrogens with one attached hydrogen (secondary N) is 1. The summed E-state index contributed by atoms with van der Waals surface area (Å²) in [6, 6.07) is 4.22. The van der Waals surface area contributed by atoms with Crippen molar-refractivity contribution in [2.45, 2.75) is 38.3 Å². The molecule has 0 saturated heterocycles. The van der Waals surface area contributed by atoms with Gasteiger partial charge in [0, 0.05) is 32.4 Å². The molecule has 1 aliphatic carbocycles. The highest BCUT2D eigenvalue weighted by Crippen LogP contribution is 2.31. The predicted molar refractivity (Wildman–Crippen MR) is 67.7 cm³/mol. The number of anilines is 1. The second kappa shape index (κ2) is 4.42. The summed E-state index contributed by atoms with van der Waals surface area (Å²) in [5.41, 5.74) is 1.64. The standard InChI is InChI=1S/C13H21N3/c1-13(7-4-8-13)15-10-11-5-6-12(14-9-11)16(2)3/h5-6,9,15H,4,7-8,10H2,1-3H3. The number of aromatic nitrogens is 1. The summed E-state index contributed by atoms with van der Waals surface area (Å²) in [5.74, 6) is 1.01. The normalized spacial score (nSPS) is 17.9. The van der Waals surface area contributed by atoms with Crippen molar-refractivity contribution >= 4 is 5.82 Å². The quantitative estimate of drug-likeness (QED) is 0.841. The second-order valence-electron chi connectivity index (χ2n) is 5.19. The van der Waals surface area contributed by atoms with Crippen molar-refractivity contribution in [3.8, 4) is 0 Å². The van der Waals surface area contributed by atoms with Crippen LogP contribution in [-0.2, 0) is 6.54 Å². The van der Waals surface area contributed by atoms with E-state index in [9.17, 15) is 0 Å². The molecule has 0 bridgehead atoms. The first-order valence-electron chi connectivity index (χ1n) is 5.96. The molecule has 1 aromatic rings. The highest BCUT2D eigenvalue weighted by Gasteiger charge is 2.30. The van der Waals surface area contributed by atoms with Gasteiger partial charge in [-0.1, -0.05) is 6.07 Å². The Hall–Kier alpha value is -1.09. The third-order valence-electron chi connectivity index (χ3n) is 3.44. The minimum atomic E-state index is 0.375. The lowest BCUT2D eigenvalue weighted by atomic mass is 9.78. The van der Waals surface area contributed by atoms with Crippen LogP contribution in [0.2, 0.25) is 0 Å². The lowest BCUT2D eigenvalue weighted by molar-refractivity contribution is 0.207. The van der Waals surface area contributed by atoms with Gasteiger partial charge in [-0.25, -0.2) is 4.98 Å². The molecule has 0 unspecified atom stereocenters. The first-order chi connectivity index (χ1) is 7.59. The zero-order valence-corrected chi connectivity index (χ0v) is 10.5. The number of hydrogen-bond donors (Lipinski definition) is 1. The van der Waals surface area contributed by atoms with E-state index >= 15 is 0 Å². The van der Waals surface area contributed by atoms with Crippen molar-refractivity contribution in [2.24, 2.45) is 0 Å². The Kier molecular flexibility index (Phi) is 3.15. The largest absolute Gasteiger partial charge is 0.363 e. The average molecular weight is 219 g/mol. The van der Waals surface area contributed by atoms with Gasteiger partial charge in [-0.3, -0.25) is 0 Å². The topological polar surface area (TPSA) is 28.2 Å². The monoisotopic (exact) mass is 219 g/mol. The van der Waals surface area contributed by atoms with E-state index in [1.54, 1.807) is 0 Å². The van der Waals surface area contributed by atoms with E-state index in [1.165, 1.54) is 24.8 Å². The highest BCUT2D eigenvalue weighted by atomic mass is 15.1. The maximum atomic E-state index is 4.41. The second-order valence-corrected chi connectivity index (χ2v) is 5.19. The van der Waals surface area contributed by atoms with E-state index in [0.29, 0.717) is 5.54 Å². The third-order valence-corrected chi connectivity index (χ3v) is 3.44. The van der Waals surface area contributed by atoms with Crippen LogP contribution in [0.5, 0.6) is 0 Å². The maximum absolute atomic E-state index is 4.41. The first-order valence-corrected chi connectivity index (χ1v) is 5.96. The molecule has 1 saturated carbocycles. The zero-order valence-electron chi connectivity index (χ0n) is 10.5. The van der Waals surface area contributed by atoms with Crippen molar-refractivity contribution in [3.05, 3.63) is 23.9 Å². The van der Waals surface area contributed by atoms with Crippen molar-refractivity contribution in [1.29, 1.82) is 0 Å². The van der Waals surface area contributed by atoms with Gasteiger partial charge in [0.25, 0.3) is 0 Å². The summed E-state index contributed by atoms with van der Waals surface area (Å²) in [6.45, 7) is 3.23. The van der Waals surface area contributed by atoms with Gasteiger partial charge in [0.2, 0.25) is 0 Å². The van der Waals surface area contributed by atoms with Gasteiger partial charge in [-0.15, -0.1) is 0 Å². The Bertz CT molecular complexity index is 339. The molecule has 3 heteroatoms. The van der Waals surface area contributed by atoms with Crippen molar-refractivity contribution in [3.63, 3.8) is 0 Å². The van der Waals surface area contributed by atoms with Crippen LogP contribution in [0.3, 0.4) is 0 Å². The molecule has 0 radical (unpaired) electrons. The fourth-order valence-corrected chi connectivity index (χ4v) is 1.99. The van der Waals surface area contributed by atoms with Gasteiger partial charge in [0.05, 0.1) is 0 Å². The van der Waals surface area contributed by atoms with Crippen LogP contribution in [0, 0.1) is 0 Å². The van der Waals surface area contributed by atoms with E-state index in [-0.39, 0.29) is 0 Å². The summed E-state index contributed by atoms with van der Waals surface area (Å²) in [4.78, 5) is 6.43. The number of nitrogens with zero attached hydrogens (tertiary/aromatic N) is 2. The molecule has 16 heavy (non-hydrogen) atoms.